The molecule has 3 aromatic rings. The first kappa shape index (κ1) is 21.4. The summed E-state index contributed by atoms with van der Waals surface area (Å²) in [4.78, 5) is 17.0. The van der Waals surface area contributed by atoms with Gasteiger partial charge in [-0.3, -0.25) is 9.78 Å². The molecule has 0 fully saturated rings. The van der Waals surface area contributed by atoms with Gasteiger partial charge in [0.05, 0.1) is 29.0 Å². The molecule has 5 nitrogen and oxygen atoms in total. The van der Waals surface area contributed by atoms with Gasteiger partial charge in [-0.05, 0) is 36.4 Å². The molecule has 0 saturated heterocycles. The summed E-state index contributed by atoms with van der Waals surface area (Å²) in [6, 6.07) is 11.3. The van der Waals surface area contributed by atoms with Gasteiger partial charge in [-0.1, -0.05) is 17.7 Å². The van der Waals surface area contributed by atoms with E-state index in [2.05, 4.69) is 15.6 Å². The van der Waals surface area contributed by atoms with E-state index in [-0.39, 0.29) is 17.0 Å². The van der Waals surface area contributed by atoms with Crippen LogP contribution in [0, 0.1) is 0 Å². The third kappa shape index (κ3) is 4.65. The molecule has 1 heterocycles. The van der Waals surface area contributed by atoms with E-state index in [1.165, 1.54) is 13.2 Å². The lowest BCUT2D eigenvalue weighted by atomic mass is 10.0. The number of benzene rings is 2. The molecule has 0 atom stereocenters. The number of hydrogen-bond acceptors (Lipinski definition) is 4. The lowest BCUT2D eigenvalue weighted by molar-refractivity contribution is -0.137. The molecule has 0 unspecified atom stereocenters. The molecular formula is C21H17ClF3N3O2. The lowest BCUT2D eigenvalue weighted by Gasteiger charge is -2.14. The Kier molecular flexibility index (Phi) is 6.17. The fraction of sp³-hybridized carbons (Fsp3) is 0.143. The molecule has 1 amide bonds. The number of amides is 1. The highest BCUT2D eigenvalue weighted by Gasteiger charge is 2.31. The normalized spacial score (nSPS) is 11.1. The van der Waals surface area contributed by atoms with Crippen molar-refractivity contribution in [2.45, 2.75) is 6.18 Å². The molecule has 2 N–H and O–H groups in total. The van der Waals surface area contributed by atoms with E-state index < -0.39 is 17.6 Å². The number of hydrogen-bond donors (Lipinski definition) is 2. The van der Waals surface area contributed by atoms with Crippen LogP contribution >= 0.6 is 11.6 Å². The van der Waals surface area contributed by atoms with Crippen molar-refractivity contribution in [3.63, 3.8) is 0 Å². The molecule has 2 aromatic carbocycles. The quantitative estimate of drug-likeness (QED) is 0.537. The summed E-state index contributed by atoms with van der Waals surface area (Å²) < 4.78 is 44.2. The molecular weight excluding hydrogens is 419 g/mol. The van der Waals surface area contributed by atoms with Gasteiger partial charge in [-0.2, -0.15) is 13.2 Å². The topological polar surface area (TPSA) is 63.2 Å². The van der Waals surface area contributed by atoms with E-state index in [9.17, 15) is 18.0 Å². The highest BCUT2D eigenvalue weighted by Crippen LogP contribution is 2.35. The highest BCUT2D eigenvalue weighted by molar-refractivity contribution is 6.33. The first-order valence-corrected chi connectivity index (χ1v) is 9.11. The Morgan fingerprint density at radius 2 is 1.90 bits per heavy atom. The minimum absolute atomic E-state index is 0.0193. The van der Waals surface area contributed by atoms with Crippen LogP contribution in [0.2, 0.25) is 5.02 Å². The zero-order chi connectivity index (χ0) is 21.9. The van der Waals surface area contributed by atoms with Crippen LogP contribution in [0.3, 0.4) is 0 Å². The number of pyridine rings is 1. The lowest BCUT2D eigenvalue weighted by Crippen LogP contribution is -2.15. The minimum Gasteiger partial charge on any atom is -0.497 e. The number of nitrogens with one attached hydrogen (secondary N) is 2. The van der Waals surface area contributed by atoms with Gasteiger partial charge in [-0.15, -0.1) is 0 Å². The van der Waals surface area contributed by atoms with Crippen LogP contribution in [-0.4, -0.2) is 25.0 Å². The van der Waals surface area contributed by atoms with E-state index in [4.69, 9.17) is 16.3 Å². The second-order valence-electron chi connectivity index (χ2n) is 6.25. The Labute approximate surface area is 175 Å². The molecule has 0 aliphatic carbocycles. The second-order valence-corrected chi connectivity index (χ2v) is 6.65. The first-order valence-electron chi connectivity index (χ1n) is 8.73. The van der Waals surface area contributed by atoms with Gasteiger partial charge in [0.15, 0.2) is 0 Å². The fourth-order valence-electron chi connectivity index (χ4n) is 2.85. The molecule has 9 heteroatoms. The third-order valence-electron chi connectivity index (χ3n) is 4.29. The zero-order valence-corrected chi connectivity index (χ0v) is 16.7. The number of nitrogens with zero attached hydrogens (tertiary/aromatic N) is 1. The van der Waals surface area contributed by atoms with Crippen LogP contribution in [0.1, 0.15) is 15.9 Å². The monoisotopic (exact) mass is 435 g/mol. The Bertz CT molecular complexity index is 1090. The van der Waals surface area contributed by atoms with Gasteiger partial charge in [0, 0.05) is 36.2 Å². The van der Waals surface area contributed by atoms with Crippen LogP contribution in [0.15, 0.2) is 54.7 Å². The number of alkyl halides is 3. The molecule has 3 rings (SSSR count). The van der Waals surface area contributed by atoms with E-state index in [0.717, 1.165) is 12.1 Å². The number of anilines is 2. The van der Waals surface area contributed by atoms with Crippen molar-refractivity contribution in [3.8, 4) is 17.0 Å². The smallest absolute Gasteiger partial charge is 0.416 e. The van der Waals surface area contributed by atoms with E-state index >= 15 is 0 Å². The van der Waals surface area contributed by atoms with Crippen molar-refractivity contribution in [3.05, 3.63) is 70.9 Å². The number of ether oxygens (including phenoxy) is 1. The maximum absolute atomic E-state index is 13.1. The summed E-state index contributed by atoms with van der Waals surface area (Å²) in [6.07, 6.45) is -2.98. The fourth-order valence-corrected chi connectivity index (χ4v) is 3.08. The van der Waals surface area contributed by atoms with Crippen molar-refractivity contribution in [1.82, 2.24) is 4.98 Å². The van der Waals surface area contributed by atoms with Crippen LogP contribution in [-0.2, 0) is 6.18 Å². The van der Waals surface area contributed by atoms with Crippen molar-refractivity contribution in [2.24, 2.45) is 0 Å². The van der Waals surface area contributed by atoms with Gasteiger partial charge < -0.3 is 15.4 Å². The Morgan fingerprint density at radius 1 is 1.13 bits per heavy atom. The van der Waals surface area contributed by atoms with Crippen molar-refractivity contribution < 1.29 is 22.7 Å². The zero-order valence-electron chi connectivity index (χ0n) is 16.0. The number of rotatable bonds is 5. The number of methoxy groups -OCH3 is 1. The predicted molar refractivity (Wildman–Crippen MR) is 110 cm³/mol. The van der Waals surface area contributed by atoms with Crippen molar-refractivity contribution in [1.29, 1.82) is 0 Å². The summed E-state index contributed by atoms with van der Waals surface area (Å²) in [5, 5.41) is 5.86. The summed E-state index contributed by atoms with van der Waals surface area (Å²) >= 11 is 6.18. The maximum atomic E-state index is 13.1. The minimum atomic E-state index is -4.58. The largest absolute Gasteiger partial charge is 0.497 e. The Hall–Kier alpha value is -3.26. The summed E-state index contributed by atoms with van der Waals surface area (Å²) in [5.41, 5.74) is 0.972. The Balaban J connectivity index is 1.93. The van der Waals surface area contributed by atoms with Crippen molar-refractivity contribution in [2.75, 3.05) is 24.8 Å². The van der Waals surface area contributed by atoms with E-state index in [1.54, 1.807) is 43.6 Å². The second kappa shape index (κ2) is 8.62. The van der Waals surface area contributed by atoms with Crippen LogP contribution in [0.4, 0.5) is 24.5 Å². The molecule has 156 valence electrons. The standard InChI is InChI=1S/C21H17ClF3N3O2/c1-26-18-8-12(19-17(22)4-3-7-27-19)5-6-16(18)20(29)28-14-9-13(21(23,24)25)10-15(11-14)30-2/h3-11,26H,1-2H3,(H,28,29). The number of aromatic nitrogens is 1. The van der Waals surface area contributed by atoms with Gasteiger partial charge in [0.2, 0.25) is 0 Å². The average molecular weight is 436 g/mol. The summed E-state index contributed by atoms with van der Waals surface area (Å²) in [6.45, 7) is 0. The summed E-state index contributed by atoms with van der Waals surface area (Å²) in [7, 11) is 2.88. The number of carbonyl (C=O) groups excluding carboxylic acids is 1. The molecule has 0 saturated carbocycles. The predicted octanol–water partition coefficient (Wildman–Crippen LogP) is 5.72. The molecule has 0 aliphatic rings. The van der Waals surface area contributed by atoms with Gasteiger partial charge in [-0.25, -0.2) is 0 Å². The molecule has 0 bridgehead atoms. The van der Waals surface area contributed by atoms with Crippen LogP contribution in [0.5, 0.6) is 5.75 Å². The number of carbonyl (C=O) groups is 1. The van der Waals surface area contributed by atoms with E-state index in [1.807, 2.05) is 0 Å². The first-order chi connectivity index (χ1) is 14.2. The molecule has 1 aromatic heterocycles. The van der Waals surface area contributed by atoms with Gasteiger partial charge in [0.25, 0.3) is 5.91 Å². The third-order valence-corrected chi connectivity index (χ3v) is 4.60. The van der Waals surface area contributed by atoms with Crippen LogP contribution in [0.25, 0.3) is 11.3 Å². The van der Waals surface area contributed by atoms with Gasteiger partial charge >= 0.3 is 6.18 Å². The number of halogens is 4. The Morgan fingerprint density at radius 3 is 2.53 bits per heavy atom. The van der Waals surface area contributed by atoms with Crippen LogP contribution < -0.4 is 15.4 Å². The SMILES string of the molecule is CNc1cc(-c2ncccc2Cl)ccc1C(=O)Nc1cc(OC)cc(C(F)(F)F)c1. The van der Waals surface area contributed by atoms with Crippen molar-refractivity contribution >= 4 is 28.9 Å². The van der Waals surface area contributed by atoms with Gasteiger partial charge in [0.1, 0.15) is 5.75 Å². The maximum Gasteiger partial charge on any atom is 0.416 e. The molecule has 30 heavy (non-hydrogen) atoms. The average Bonchev–Trinajstić information content (AvgIpc) is 2.72. The van der Waals surface area contributed by atoms with E-state index in [0.29, 0.717) is 22.0 Å². The molecule has 0 radical (unpaired) electrons. The highest BCUT2D eigenvalue weighted by atomic mass is 35.5. The molecule has 0 spiro atoms. The summed E-state index contributed by atoms with van der Waals surface area (Å²) in [5.74, 6) is -0.603. The molecule has 0 aliphatic heterocycles.